The van der Waals surface area contributed by atoms with E-state index in [0.717, 1.165) is 34.9 Å². The van der Waals surface area contributed by atoms with Crippen LogP contribution in [0.15, 0.2) is 42.6 Å². The molecule has 0 aliphatic heterocycles. The van der Waals surface area contributed by atoms with E-state index in [1.807, 2.05) is 34.9 Å². The Kier molecular flexibility index (Phi) is 4.56. The van der Waals surface area contributed by atoms with Gasteiger partial charge < -0.3 is 5.11 Å². The molecule has 1 aliphatic rings. The number of benzene rings is 1. The number of rotatable bonds is 3. The number of aliphatic hydroxyl groups is 1. The molecular weight excluding hydrogens is 357 g/mol. The molecule has 0 unspecified atom stereocenters. The Hall–Kier alpha value is -1.62. The third-order valence-electron chi connectivity index (χ3n) is 5.13. The number of hydrogen-bond acceptors (Lipinski definition) is 3. The summed E-state index contributed by atoms with van der Waals surface area (Å²) in [5.74, 6) is 0.942. The van der Waals surface area contributed by atoms with Gasteiger partial charge in [0.2, 0.25) is 0 Å². The van der Waals surface area contributed by atoms with Crippen LogP contribution in [-0.2, 0) is 11.0 Å². The lowest BCUT2D eigenvalue weighted by Gasteiger charge is -2.41. The quantitative estimate of drug-likeness (QED) is 0.730. The summed E-state index contributed by atoms with van der Waals surface area (Å²) in [7, 11) is 0. The number of pyridine rings is 1. The fourth-order valence-electron chi connectivity index (χ4n) is 3.66. The minimum atomic E-state index is -0.958. The molecule has 0 spiro atoms. The van der Waals surface area contributed by atoms with Crippen LogP contribution in [0.1, 0.15) is 50.1 Å². The first-order valence-electron chi connectivity index (χ1n) is 8.25. The second kappa shape index (κ2) is 6.27. The van der Waals surface area contributed by atoms with E-state index in [0.29, 0.717) is 0 Å². The molecule has 2 heterocycles. The molecule has 6 heteroatoms. The predicted molar refractivity (Wildman–Crippen MR) is 102 cm³/mol. The second-order valence-electron chi connectivity index (χ2n) is 7.14. The van der Waals surface area contributed by atoms with Crippen LogP contribution in [0, 0.1) is 0 Å². The molecule has 2 aromatic heterocycles. The lowest BCUT2D eigenvalue weighted by Crippen LogP contribution is -2.37. The van der Waals surface area contributed by atoms with Crippen molar-refractivity contribution in [1.29, 1.82) is 0 Å². The van der Waals surface area contributed by atoms with E-state index in [4.69, 9.17) is 11.6 Å². The van der Waals surface area contributed by atoms with Gasteiger partial charge in [-0.3, -0.25) is 4.40 Å². The molecular formula is C19H21Cl2N3O. The summed E-state index contributed by atoms with van der Waals surface area (Å²) >= 11 is 6.05. The molecule has 1 aromatic carbocycles. The SMILES string of the molecule is CC(C)(O)c1cccn2c(C3(c4ccc(Cl)cc4)CCC3)nnc12.Cl. The Morgan fingerprint density at radius 2 is 1.80 bits per heavy atom. The van der Waals surface area contributed by atoms with Crippen molar-refractivity contribution in [3.05, 3.63) is 64.6 Å². The third kappa shape index (κ3) is 2.82. The average molecular weight is 378 g/mol. The number of aromatic nitrogens is 3. The van der Waals surface area contributed by atoms with Crippen molar-refractivity contribution in [2.75, 3.05) is 0 Å². The molecule has 25 heavy (non-hydrogen) atoms. The summed E-state index contributed by atoms with van der Waals surface area (Å²) in [5, 5.41) is 20.1. The molecule has 1 saturated carbocycles. The monoisotopic (exact) mass is 377 g/mol. The van der Waals surface area contributed by atoms with Gasteiger partial charge >= 0.3 is 0 Å². The van der Waals surface area contributed by atoms with Crippen molar-refractivity contribution in [1.82, 2.24) is 14.6 Å². The van der Waals surface area contributed by atoms with Crippen LogP contribution in [-0.4, -0.2) is 19.7 Å². The first kappa shape index (κ1) is 18.2. The third-order valence-corrected chi connectivity index (χ3v) is 5.38. The average Bonchev–Trinajstić information content (AvgIpc) is 2.91. The molecule has 1 N–H and O–H groups in total. The highest BCUT2D eigenvalue weighted by atomic mass is 35.5. The summed E-state index contributed by atoms with van der Waals surface area (Å²) in [6.07, 6.45) is 5.24. The summed E-state index contributed by atoms with van der Waals surface area (Å²) in [4.78, 5) is 0. The van der Waals surface area contributed by atoms with Gasteiger partial charge in [-0.15, -0.1) is 22.6 Å². The fraction of sp³-hybridized carbons (Fsp3) is 0.368. The topological polar surface area (TPSA) is 50.4 Å². The Morgan fingerprint density at radius 3 is 2.36 bits per heavy atom. The Bertz CT molecular complexity index is 893. The van der Waals surface area contributed by atoms with Crippen molar-refractivity contribution >= 4 is 29.7 Å². The number of hydrogen-bond donors (Lipinski definition) is 1. The highest BCUT2D eigenvalue weighted by molar-refractivity contribution is 6.30. The standard InChI is InChI=1S/C19H20ClN3O.ClH/c1-18(2,24)15-5-3-12-23-16(15)21-22-17(23)19(10-4-11-19)13-6-8-14(20)9-7-13;/h3,5-9,12,24H,4,10-11H2,1-2H3;1H. The van der Waals surface area contributed by atoms with Crippen molar-refractivity contribution in [3.63, 3.8) is 0 Å². The second-order valence-corrected chi connectivity index (χ2v) is 7.58. The van der Waals surface area contributed by atoms with E-state index < -0.39 is 5.60 Å². The summed E-state index contributed by atoms with van der Waals surface area (Å²) in [6, 6.07) is 11.9. The van der Waals surface area contributed by atoms with Gasteiger partial charge in [-0.1, -0.05) is 36.2 Å². The van der Waals surface area contributed by atoms with E-state index >= 15 is 0 Å². The zero-order valence-corrected chi connectivity index (χ0v) is 15.8. The zero-order chi connectivity index (χ0) is 16.9. The largest absolute Gasteiger partial charge is 0.386 e. The van der Waals surface area contributed by atoms with E-state index in [2.05, 4.69) is 22.3 Å². The lowest BCUT2D eigenvalue weighted by molar-refractivity contribution is 0.0796. The highest BCUT2D eigenvalue weighted by Gasteiger charge is 2.44. The maximum absolute atomic E-state index is 10.4. The smallest absolute Gasteiger partial charge is 0.166 e. The van der Waals surface area contributed by atoms with Gasteiger partial charge in [-0.05, 0) is 50.5 Å². The molecule has 4 nitrogen and oxygen atoms in total. The number of nitrogens with zero attached hydrogens (tertiary/aromatic N) is 3. The maximum Gasteiger partial charge on any atom is 0.166 e. The van der Waals surface area contributed by atoms with Crippen molar-refractivity contribution in [3.8, 4) is 0 Å². The Labute approximate surface area is 158 Å². The van der Waals surface area contributed by atoms with E-state index in [1.54, 1.807) is 13.8 Å². The number of fused-ring (bicyclic) bond motifs is 1. The lowest BCUT2D eigenvalue weighted by atomic mass is 9.64. The molecule has 0 radical (unpaired) electrons. The van der Waals surface area contributed by atoms with Crippen LogP contribution in [0.4, 0.5) is 0 Å². The molecule has 0 saturated heterocycles. The van der Waals surface area contributed by atoms with Gasteiger partial charge in [-0.25, -0.2) is 0 Å². The Morgan fingerprint density at radius 1 is 1.12 bits per heavy atom. The molecule has 4 rings (SSSR count). The predicted octanol–water partition coefficient (Wildman–Crippen LogP) is 4.50. The minimum Gasteiger partial charge on any atom is -0.386 e. The van der Waals surface area contributed by atoms with Crippen LogP contribution >= 0.6 is 24.0 Å². The van der Waals surface area contributed by atoms with Gasteiger partial charge in [0.1, 0.15) is 5.82 Å². The van der Waals surface area contributed by atoms with E-state index in [1.165, 1.54) is 12.0 Å². The minimum absolute atomic E-state index is 0. The van der Waals surface area contributed by atoms with Gasteiger partial charge in [0.15, 0.2) is 5.65 Å². The van der Waals surface area contributed by atoms with Crippen LogP contribution in [0.2, 0.25) is 5.02 Å². The molecule has 0 amide bonds. The first-order valence-corrected chi connectivity index (χ1v) is 8.63. The maximum atomic E-state index is 10.4. The van der Waals surface area contributed by atoms with Crippen LogP contribution < -0.4 is 0 Å². The van der Waals surface area contributed by atoms with E-state index in [-0.39, 0.29) is 17.8 Å². The Balaban J connectivity index is 0.00000182. The summed E-state index contributed by atoms with van der Waals surface area (Å²) in [5.41, 5.74) is 1.65. The van der Waals surface area contributed by atoms with Crippen molar-refractivity contribution in [2.24, 2.45) is 0 Å². The summed E-state index contributed by atoms with van der Waals surface area (Å²) < 4.78 is 2.03. The van der Waals surface area contributed by atoms with Gasteiger partial charge in [0.25, 0.3) is 0 Å². The van der Waals surface area contributed by atoms with Gasteiger partial charge in [0.05, 0.1) is 11.0 Å². The van der Waals surface area contributed by atoms with E-state index in [9.17, 15) is 5.11 Å². The first-order chi connectivity index (χ1) is 11.4. The molecule has 0 bridgehead atoms. The van der Waals surface area contributed by atoms with Gasteiger partial charge in [0, 0.05) is 16.8 Å². The molecule has 1 fully saturated rings. The van der Waals surface area contributed by atoms with Crippen LogP contribution in [0.3, 0.4) is 0 Å². The molecule has 1 aliphatic carbocycles. The van der Waals surface area contributed by atoms with Gasteiger partial charge in [-0.2, -0.15) is 0 Å². The van der Waals surface area contributed by atoms with Crippen molar-refractivity contribution < 1.29 is 5.11 Å². The summed E-state index contributed by atoms with van der Waals surface area (Å²) in [6.45, 7) is 3.55. The van der Waals surface area contributed by atoms with Crippen LogP contribution in [0.25, 0.3) is 5.65 Å². The molecule has 0 atom stereocenters. The highest BCUT2D eigenvalue weighted by Crippen LogP contribution is 2.48. The zero-order valence-electron chi connectivity index (χ0n) is 14.2. The molecule has 132 valence electrons. The van der Waals surface area contributed by atoms with Crippen LogP contribution in [0.5, 0.6) is 0 Å². The normalized spacial score (nSPS) is 16.3. The fourth-order valence-corrected chi connectivity index (χ4v) is 3.79. The number of halogens is 2. The molecule has 3 aromatic rings. The van der Waals surface area contributed by atoms with Crippen molar-refractivity contribution in [2.45, 2.75) is 44.1 Å².